The van der Waals surface area contributed by atoms with Crippen molar-refractivity contribution >= 4 is 17.5 Å². The second-order valence-electron chi connectivity index (χ2n) is 5.78. The quantitative estimate of drug-likeness (QED) is 0.732. The molecule has 0 bridgehead atoms. The van der Waals surface area contributed by atoms with Gasteiger partial charge in [-0.3, -0.25) is 9.59 Å². The third-order valence-corrected chi connectivity index (χ3v) is 3.11. The Balaban J connectivity index is 2.13. The Morgan fingerprint density at radius 3 is 2.63 bits per heavy atom. The van der Waals surface area contributed by atoms with E-state index >= 15 is 0 Å². The van der Waals surface area contributed by atoms with Crippen LogP contribution < -0.4 is 16.8 Å². The van der Waals surface area contributed by atoms with Gasteiger partial charge < -0.3 is 21.4 Å². The Hall–Kier alpha value is -1.98. The van der Waals surface area contributed by atoms with Crippen LogP contribution in [0, 0.1) is 0 Å². The standard InChI is InChI=1S/C13H20N4O2/c1-13(2,6-11(15)18)16-12(19)10-5-8(14)7-17(10)9-3-4-9/h5,7,9H,3-4,6,14H2,1-2H3,(H2,15,18)(H,16,19). The number of hydrogen-bond donors (Lipinski definition) is 3. The van der Waals surface area contributed by atoms with Crippen molar-refractivity contribution in [2.45, 2.75) is 44.7 Å². The zero-order valence-electron chi connectivity index (χ0n) is 11.3. The van der Waals surface area contributed by atoms with E-state index in [0.717, 1.165) is 12.8 Å². The fourth-order valence-electron chi connectivity index (χ4n) is 2.19. The fraction of sp³-hybridized carbons (Fsp3) is 0.538. The second kappa shape index (κ2) is 4.60. The molecule has 1 heterocycles. The van der Waals surface area contributed by atoms with Gasteiger partial charge in [0.15, 0.2) is 0 Å². The lowest BCUT2D eigenvalue weighted by Crippen LogP contribution is -2.46. The molecule has 0 unspecified atom stereocenters. The maximum atomic E-state index is 12.3. The van der Waals surface area contributed by atoms with Crippen LogP contribution in [0.15, 0.2) is 12.3 Å². The van der Waals surface area contributed by atoms with Gasteiger partial charge in [-0.25, -0.2) is 0 Å². The predicted octanol–water partition coefficient (Wildman–Crippen LogP) is 0.789. The van der Waals surface area contributed by atoms with Crippen LogP contribution in [0.1, 0.15) is 49.6 Å². The number of nitrogens with zero attached hydrogens (tertiary/aromatic N) is 1. The molecule has 1 aromatic rings. The number of carbonyl (C=O) groups is 2. The van der Waals surface area contributed by atoms with E-state index in [1.807, 2.05) is 4.57 Å². The molecule has 5 N–H and O–H groups in total. The highest BCUT2D eigenvalue weighted by Crippen LogP contribution is 2.37. The van der Waals surface area contributed by atoms with Gasteiger partial charge in [0, 0.05) is 24.2 Å². The molecule has 1 saturated carbocycles. The van der Waals surface area contributed by atoms with E-state index in [1.54, 1.807) is 26.1 Å². The summed E-state index contributed by atoms with van der Waals surface area (Å²) in [6, 6.07) is 2.03. The summed E-state index contributed by atoms with van der Waals surface area (Å²) in [4.78, 5) is 23.2. The van der Waals surface area contributed by atoms with Crippen LogP contribution in [-0.2, 0) is 4.79 Å². The zero-order chi connectivity index (χ0) is 14.2. The van der Waals surface area contributed by atoms with Gasteiger partial charge in [0.2, 0.25) is 5.91 Å². The summed E-state index contributed by atoms with van der Waals surface area (Å²) in [6.45, 7) is 3.53. The van der Waals surface area contributed by atoms with E-state index < -0.39 is 11.4 Å². The molecule has 2 rings (SSSR count). The number of rotatable bonds is 5. The Labute approximate surface area is 112 Å². The van der Waals surface area contributed by atoms with Crippen molar-refractivity contribution in [3.05, 3.63) is 18.0 Å². The molecular weight excluding hydrogens is 244 g/mol. The third kappa shape index (κ3) is 3.27. The number of nitrogens with two attached hydrogens (primary N) is 2. The largest absolute Gasteiger partial charge is 0.397 e. The van der Waals surface area contributed by atoms with Crippen molar-refractivity contribution in [1.29, 1.82) is 0 Å². The first-order valence-electron chi connectivity index (χ1n) is 6.37. The average Bonchev–Trinajstić information content (AvgIpc) is 2.99. The third-order valence-electron chi connectivity index (χ3n) is 3.11. The molecule has 6 heteroatoms. The number of nitrogens with one attached hydrogen (secondary N) is 1. The molecule has 1 aliphatic carbocycles. The number of nitrogen functional groups attached to an aromatic ring is 1. The lowest BCUT2D eigenvalue weighted by Gasteiger charge is -2.25. The van der Waals surface area contributed by atoms with Crippen LogP contribution in [0.5, 0.6) is 0 Å². The van der Waals surface area contributed by atoms with Gasteiger partial charge >= 0.3 is 0 Å². The summed E-state index contributed by atoms with van der Waals surface area (Å²) < 4.78 is 1.91. The molecule has 0 radical (unpaired) electrons. The lowest BCUT2D eigenvalue weighted by molar-refractivity contribution is -0.119. The summed E-state index contributed by atoms with van der Waals surface area (Å²) in [5.74, 6) is -0.669. The fourth-order valence-corrected chi connectivity index (χ4v) is 2.19. The van der Waals surface area contributed by atoms with Gasteiger partial charge in [0.05, 0.1) is 5.69 Å². The second-order valence-corrected chi connectivity index (χ2v) is 5.78. The molecule has 104 valence electrons. The Morgan fingerprint density at radius 2 is 2.11 bits per heavy atom. The molecule has 1 fully saturated rings. The van der Waals surface area contributed by atoms with E-state index in [0.29, 0.717) is 17.4 Å². The van der Waals surface area contributed by atoms with Crippen LogP contribution in [0.25, 0.3) is 0 Å². The summed E-state index contributed by atoms with van der Waals surface area (Å²) in [5.41, 5.74) is 11.4. The molecule has 0 spiro atoms. The van der Waals surface area contributed by atoms with Gasteiger partial charge in [-0.2, -0.15) is 0 Å². The van der Waals surface area contributed by atoms with Crippen molar-refractivity contribution in [2.24, 2.45) is 5.73 Å². The van der Waals surface area contributed by atoms with E-state index in [-0.39, 0.29) is 12.3 Å². The van der Waals surface area contributed by atoms with E-state index in [2.05, 4.69) is 5.32 Å². The van der Waals surface area contributed by atoms with Crippen LogP contribution in [-0.4, -0.2) is 21.9 Å². The summed E-state index contributed by atoms with van der Waals surface area (Å²) in [7, 11) is 0. The van der Waals surface area contributed by atoms with Crippen LogP contribution in [0.3, 0.4) is 0 Å². The van der Waals surface area contributed by atoms with Crippen molar-refractivity contribution in [2.75, 3.05) is 5.73 Å². The van der Waals surface area contributed by atoms with E-state index in [4.69, 9.17) is 11.5 Å². The first-order valence-corrected chi connectivity index (χ1v) is 6.37. The van der Waals surface area contributed by atoms with Gasteiger partial charge in [-0.05, 0) is 32.8 Å². The SMILES string of the molecule is CC(C)(CC(N)=O)NC(=O)c1cc(N)cn1C1CC1. The number of primary amides is 1. The molecule has 6 nitrogen and oxygen atoms in total. The van der Waals surface area contributed by atoms with Crippen molar-refractivity contribution < 1.29 is 9.59 Å². The zero-order valence-corrected chi connectivity index (χ0v) is 11.3. The highest BCUT2D eigenvalue weighted by atomic mass is 16.2. The number of aromatic nitrogens is 1. The first kappa shape index (κ1) is 13.5. The average molecular weight is 264 g/mol. The summed E-state index contributed by atoms with van der Waals surface area (Å²) in [5, 5.41) is 2.82. The predicted molar refractivity (Wildman–Crippen MR) is 72.5 cm³/mol. The van der Waals surface area contributed by atoms with E-state index in [1.165, 1.54) is 0 Å². The highest BCUT2D eigenvalue weighted by Gasteiger charge is 2.30. The number of carbonyl (C=O) groups excluding carboxylic acids is 2. The number of amides is 2. The number of hydrogen-bond acceptors (Lipinski definition) is 3. The molecule has 0 aromatic carbocycles. The van der Waals surface area contributed by atoms with E-state index in [9.17, 15) is 9.59 Å². The summed E-state index contributed by atoms with van der Waals surface area (Å²) >= 11 is 0. The highest BCUT2D eigenvalue weighted by molar-refractivity contribution is 5.94. The van der Waals surface area contributed by atoms with Gasteiger partial charge in [-0.1, -0.05) is 0 Å². The molecular formula is C13H20N4O2. The molecule has 1 aliphatic rings. The Kier molecular flexibility index (Phi) is 3.26. The van der Waals surface area contributed by atoms with Gasteiger partial charge in [0.1, 0.15) is 5.69 Å². The van der Waals surface area contributed by atoms with Crippen LogP contribution in [0.4, 0.5) is 5.69 Å². The molecule has 2 amide bonds. The molecule has 19 heavy (non-hydrogen) atoms. The first-order chi connectivity index (χ1) is 8.78. The monoisotopic (exact) mass is 264 g/mol. The topological polar surface area (TPSA) is 103 Å². The molecule has 0 atom stereocenters. The van der Waals surface area contributed by atoms with Crippen molar-refractivity contribution in [1.82, 2.24) is 9.88 Å². The minimum atomic E-state index is -0.670. The van der Waals surface area contributed by atoms with Crippen LogP contribution >= 0.6 is 0 Å². The van der Waals surface area contributed by atoms with Crippen molar-refractivity contribution in [3.63, 3.8) is 0 Å². The lowest BCUT2D eigenvalue weighted by atomic mass is 10.00. The minimum absolute atomic E-state index is 0.0956. The number of anilines is 1. The summed E-state index contributed by atoms with van der Waals surface area (Å²) in [6.07, 6.45) is 4.02. The normalized spacial score (nSPS) is 15.3. The Bertz CT molecular complexity index is 515. The molecule has 0 saturated heterocycles. The van der Waals surface area contributed by atoms with Gasteiger partial charge in [0.25, 0.3) is 5.91 Å². The maximum absolute atomic E-state index is 12.3. The molecule has 1 aromatic heterocycles. The van der Waals surface area contributed by atoms with Gasteiger partial charge in [-0.15, -0.1) is 0 Å². The maximum Gasteiger partial charge on any atom is 0.268 e. The smallest absolute Gasteiger partial charge is 0.268 e. The minimum Gasteiger partial charge on any atom is -0.397 e. The van der Waals surface area contributed by atoms with Crippen molar-refractivity contribution in [3.8, 4) is 0 Å². The van der Waals surface area contributed by atoms with Crippen LogP contribution in [0.2, 0.25) is 0 Å². The Morgan fingerprint density at radius 1 is 1.47 bits per heavy atom. The molecule has 0 aliphatic heterocycles.